The molecule has 0 bridgehead atoms. The highest BCUT2D eigenvalue weighted by Crippen LogP contribution is 2.73. The Morgan fingerprint density at radius 2 is 1.20 bits per heavy atom. The van der Waals surface area contributed by atoms with E-state index in [1.807, 2.05) is 0 Å². The third-order valence-corrected chi connectivity index (χ3v) is 9.50. The fourth-order valence-corrected chi connectivity index (χ4v) is 6.29. The Morgan fingerprint density at radius 1 is 0.720 bits per heavy atom. The Kier molecular flexibility index (Phi) is 9.14. The van der Waals surface area contributed by atoms with Crippen LogP contribution in [0.25, 0.3) is 0 Å². The summed E-state index contributed by atoms with van der Waals surface area (Å²) in [7, 11) is -19.6. The summed E-state index contributed by atoms with van der Waals surface area (Å²) in [5.74, 6) is 0.449. The van der Waals surface area contributed by atoms with Crippen LogP contribution >= 0.6 is 30.4 Å². The zero-order valence-electron chi connectivity index (χ0n) is 12.9. The van der Waals surface area contributed by atoms with E-state index in [2.05, 4.69) is 0 Å². The van der Waals surface area contributed by atoms with Gasteiger partial charge >= 0.3 is 30.4 Å². The summed E-state index contributed by atoms with van der Waals surface area (Å²) >= 11 is 0. The van der Waals surface area contributed by atoms with E-state index in [0.717, 1.165) is 6.08 Å². The summed E-state index contributed by atoms with van der Waals surface area (Å²) in [4.78, 5) is 69.9. The van der Waals surface area contributed by atoms with E-state index in [4.69, 9.17) is 19.6 Å². The van der Waals surface area contributed by atoms with Crippen LogP contribution in [0.3, 0.4) is 0 Å². The summed E-state index contributed by atoms with van der Waals surface area (Å²) < 4.78 is 44.9. The molecule has 16 heteroatoms. The van der Waals surface area contributed by atoms with Crippen molar-refractivity contribution in [3.63, 3.8) is 0 Å². The first-order chi connectivity index (χ1) is 10.9. The maximum absolute atomic E-state index is 11.8. The first-order valence-electron chi connectivity index (χ1n) is 6.80. The van der Waals surface area contributed by atoms with Gasteiger partial charge in [-0.3, -0.25) is 18.3 Å². The lowest BCUT2D eigenvalue weighted by atomic mass is 10.1. The minimum absolute atomic E-state index is 0.218. The third kappa shape index (κ3) is 9.20. The maximum Gasteiger partial charge on any atom is 0.348 e. The number of rotatable bonds is 11. The largest absolute Gasteiger partial charge is 0.348 e. The molecule has 0 unspecified atom stereocenters. The highest BCUT2D eigenvalue weighted by molar-refractivity contribution is 7.72. The molecule has 8 N–H and O–H groups in total. The van der Waals surface area contributed by atoms with Gasteiger partial charge < -0.3 is 39.1 Å². The van der Waals surface area contributed by atoms with Gasteiger partial charge in [-0.15, -0.1) is 0 Å². The number of allylic oxidation sites excluding steroid dienone is 1. The number of hydrogen-bond acceptors (Lipinski definition) is 4. The third-order valence-electron chi connectivity index (χ3n) is 3.37. The molecule has 0 atom stereocenters. The molecule has 0 aromatic rings. The second-order valence-corrected chi connectivity index (χ2v) is 12.9. The minimum atomic E-state index is -5.38. The highest BCUT2D eigenvalue weighted by Gasteiger charge is 2.58. The maximum atomic E-state index is 11.8. The summed E-state index contributed by atoms with van der Waals surface area (Å²) in [6.07, 6.45) is -2.16. The molecule has 0 aliphatic rings. The van der Waals surface area contributed by atoms with E-state index >= 15 is 0 Å². The average Bonchev–Trinajstić information content (AvgIpc) is 2.31. The summed E-state index contributed by atoms with van der Waals surface area (Å²) in [6.45, 7) is 0. The monoisotopic (exact) mass is 446 g/mol. The summed E-state index contributed by atoms with van der Waals surface area (Å²) in [5, 5.41) is 0. The van der Waals surface area contributed by atoms with Crippen LogP contribution in [0.4, 0.5) is 0 Å². The van der Waals surface area contributed by atoms with Gasteiger partial charge in [0, 0.05) is 12.0 Å². The van der Waals surface area contributed by atoms with Crippen LogP contribution < -0.4 is 0 Å². The molecule has 0 heterocycles. The molecule has 150 valence electrons. The number of hydrogen-bond donors (Lipinski definition) is 8. The zero-order chi connectivity index (χ0) is 20.2. The second kappa shape index (κ2) is 9.02. The van der Waals surface area contributed by atoms with Crippen LogP contribution in [0.2, 0.25) is 0 Å². The molecule has 0 aromatic heterocycles. The van der Waals surface area contributed by atoms with Crippen molar-refractivity contribution in [2.75, 3.05) is 6.16 Å². The molecular formula is C9H22O12P4. The van der Waals surface area contributed by atoms with Crippen LogP contribution in [-0.4, -0.2) is 50.2 Å². The van der Waals surface area contributed by atoms with E-state index < -0.39 is 60.7 Å². The van der Waals surface area contributed by atoms with Crippen molar-refractivity contribution in [1.82, 2.24) is 0 Å². The summed E-state index contributed by atoms with van der Waals surface area (Å²) in [6, 6.07) is 0. The lowest BCUT2D eigenvalue weighted by Crippen LogP contribution is -2.29. The number of unbranched alkanes of at least 4 members (excludes halogenated alkanes) is 1. The molecule has 0 spiro atoms. The normalized spacial score (nSPS) is 15.0. The van der Waals surface area contributed by atoms with Gasteiger partial charge in [-0.2, -0.15) is 0 Å². The van der Waals surface area contributed by atoms with Crippen molar-refractivity contribution in [1.29, 1.82) is 0 Å². The van der Waals surface area contributed by atoms with Gasteiger partial charge in [-0.05, 0) is 25.7 Å². The Morgan fingerprint density at radius 3 is 1.56 bits per heavy atom. The van der Waals surface area contributed by atoms with Gasteiger partial charge in [0.05, 0.1) is 0 Å². The summed E-state index contributed by atoms with van der Waals surface area (Å²) in [5.41, 5.74) is 0. The van der Waals surface area contributed by atoms with E-state index in [0.29, 0.717) is 5.82 Å². The van der Waals surface area contributed by atoms with Gasteiger partial charge in [-0.25, -0.2) is 0 Å². The van der Waals surface area contributed by atoms with Crippen molar-refractivity contribution in [2.45, 2.75) is 37.0 Å². The molecule has 0 fully saturated rings. The Hall–Kier alpha value is 0.340. The van der Waals surface area contributed by atoms with E-state index in [-0.39, 0.29) is 12.8 Å². The van der Waals surface area contributed by atoms with Crippen molar-refractivity contribution in [3.05, 3.63) is 11.9 Å². The van der Waals surface area contributed by atoms with Crippen molar-refractivity contribution >= 4 is 30.4 Å². The Labute approximate surface area is 143 Å². The van der Waals surface area contributed by atoms with Crippen LogP contribution in [0.1, 0.15) is 32.1 Å². The highest BCUT2D eigenvalue weighted by atomic mass is 31.2. The van der Waals surface area contributed by atoms with Gasteiger partial charge in [0.15, 0.2) is 4.90 Å². The van der Waals surface area contributed by atoms with Gasteiger partial charge in [-0.1, -0.05) is 12.5 Å². The average molecular weight is 446 g/mol. The molecule has 0 rings (SSSR count). The van der Waals surface area contributed by atoms with Crippen LogP contribution in [0.5, 0.6) is 0 Å². The molecule has 0 amide bonds. The molecule has 0 saturated heterocycles. The first-order valence-corrected chi connectivity index (χ1v) is 13.5. The molecule has 0 aliphatic carbocycles. The van der Waals surface area contributed by atoms with E-state index in [1.54, 1.807) is 0 Å². The Balaban J connectivity index is 5.38. The lowest BCUT2D eigenvalue weighted by molar-refractivity contribution is 0.293. The molecule has 0 saturated carbocycles. The lowest BCUT2D eigenvalue weighted by Gasteiger charge is -2.34. The molecule has 0 aliphatic heterocycles. The molecular weight excluding hydrogens is 424 g/mol. The fourth-order valence-electron chi connectivity index (χ4n) is 2.13. The smallest absolute Gasteiger partial charge is 0.324 e. The van der Waals surface area contributed by atoms with Crippen LogP contribution in [0.15, 0.2) is 11.9 Å². The van der Waals surface area contributed by atoms with Crippen LogP contribution in [-0.2, 0) is 18.3 Å². The predicted molar refractivity (Wildman–Crippen MR) is 88.0 cm³/mol. The SMILES string of the molecule is O=P(O)(O)/C=C/CCC(CCCCP(=O)(O)O)(P(=O)(O)O)P(=O)(O)O. The topological polar surface area (TPSA) is 230 Å². The molecule has 0 radical (unpaired) electrons. The molecule has 0 aromatic carbocycles. The van der Waals surface area contributed by atoms with Crippen LogP contribution in [0, 0.1) is 0 Å². The van der Waals surface area contributed by atoms with E-state index in [1.165, 1.54) is 0 Å². The standard InChI is InChI=1S/C9H22O12P4/c10-22(11,12)7-3-1-5-9(24(16,17)18,25(19,20)21)6-2-4-8-23(13,14)15/h3,7H,1-2,4-6,8H2,(H2,10,11,12)(H2,13,14,15)(H2,16,17,18)(H2,19,20,21)/b7-3+. The Bertz CT molecular complexity index is 625. The second-order valence-electron chi connectivity index (χ2n) is 5.43. The van der Waals surface area contributed by atoms with Crippen molar-refractivity contribution < 1.29 is 57.4 Å². The van der Waals surface area contributed by atoms with Gasteiger partial charge in [0.25, 0.3) is 0 Å². The van der Waals surface area contributed by atoms with Gasteiger partial charge in [0.2, 0.25) is 0 Å². The molecule has 25 heavy (non-hydrogen) atoms. The fraction of sp³-hybridized carbons (Fsp3) is 0.778. The first kappa shape index (κ1) is 25.3. The quantitative estimate of drug-likeness (QED) is 0.163. The minimum Gasteiger partial charge on any atom is -0.324 e. The van der Waals surface area contributed by atoms with E-state index in [9.17, 15) is 37.8 Å². The predicted octanol–water partition coefficient (Wildman–Crippen LogP) is 0.858. The zero-order valence-corrected chi connectivity index (χ0v) is 16.5. The molecule has 12 nitrogen and oxygen atoms in total. The van der Waals surface area contributed by atoms with Gasteiger partial charge in [0.1, 0.15) is 0 Å². The van der Waals surface area contributed by atoms with Crippen molar-refractivity contribution in [3.8, 4) is 0 Å². The van der Waals surface area contributed by atoms with Crippen molar-refractivity contribution in [2.24, 2.45) is 0 Å².